The van der Waals surface area contributed by atoms with Crippen molar-refractivity contribution in [3.63, 3.8) is 0 Å². The molecule has 4 heteroatoms. The third-order valence-corrected chi connectivity index (χ3v) is 0.942. The Hall–Kier alpha value is -0.146. The Bertz CT molecular complexity index is 196. The van der Waals surface area contributed by atoms with E-state index < -0.39 is 0 Å². The Labute approximate surface area is 84.5 Å². The van der Waals surface area contributed by atoms with Crippen molar-refractivity contribution in [1.29, 1.82) is 0 Å². The van der Waals surface area contributed by atoms with Crippen LogP contribution in [-0.4, -0.2) is 15.8 Å². The van der Waals surface area contributed by atoms with Crippen molar-refractivity contribution in [2.24, 2.45) is 0 Å². The molecule has 1 heterocycles. The molecule has 0 amide bonds. The van der Waals surface area contributed by atoms with Crippen LogP contribution in [0.25, 0.3) is 0 Å². The molecular weight excluding hydrogens is 205 g/mol. The van der Waals surface area contributed by atoms with Gasteiger partial charge in [-0.05, 0) is 0 Å². The number of imidazole rings is 1. The number of H-pyrrole nitrogens is 1. The maximum Gasteiger partial charge on any atom is 0.0921 e. The predicted molar refractivity (Wildman–Crippen MR) is 32.7 cm³/mol. The van der Waals surface area contributed by atoms with Crippen LogP contribution < -0.4 is 0 Å². The number of nitrogens with one attached hydrogen (secondary N) is 1. The number of rotatable bonds is 2. The normalized spacial score (nSPS) is 8.40. The van der Waals surface area contributed by atoms with E-state index in [1.165, 1.54) is 6.33 Å². The van der Waals surface area contributed by atoms with Crippen molar-refractivity contribution in [1.82, 2.24) is 9.97 Å². The van der Waals surface area contributed by atoms with Gasteiger partial charge in [-0.25, -0.2) is 4.98 Å². The fraction of sp³-hybridized carbons (Fsp3) is 0.167. The Morgan fingerprint density at radius 1 is 1.80 bits per heavy atom. The SMILES string of the molecule is [CH2-]C(=O)Cc1cnc[nH]1.[Y]. The van der Waals surface area contributed by atoms with Crippen LogP contribution in [0.4, 0.5) is 0 Å². The molecule has 0 aliphatic rings. The topological polar surface area (TPSA) is 45.8 Å². The first-order chi connectivity index (χ1) is 4.29. The summed E-state index contributed by atoms with van der Waals surface area (Å²) in [4.78, 5) is 16.9. The smallest absolute Gasteiger partial charge is 0.0921 e. The van der Waals surface area contributed by atoms with E-state index in [0.717, 1.165) is 5.69 Å². The Morgan fingerprint density at radius 3 is 2.90 bits per heavy atom. The van der Waals surface area contributed by atoms with Crippen LogP contribution in [0.1, 0.15) is 5.69 Å². The maximum absolute atomic E-state index is 10.4. The van der Waals surface area contributed by atoms with Gasteiger partial charge in [0.15, 0.2) is 0 Å². The van der Waals surface area contributed by atoms with E-state index in [9.17, 15) is 4.79 Å². The summed E-state index contributed by atoms with van der Waals surface area (Å²) in [6.45, 7) is 3.23. The zero-order valence-corrected chi connectivity index (χ0v) is 8.34. The molecule has 1 rings (SSSR count). The van der Waals surface area contributed by atoms with Gasteiger partial charge in [-0.15, -0.1) is 0 Å². The minimum Gasteiger partial charge on any atom is -0.348 e. The van der Waals surface area contributed by atoms with Crippen LogP contribution in [0, 0.1) is 6.92 Å². The Morgan fingerprint density at radius 2 is 2.50 bits per heavy atom. The van der Waals surface area contributed by atoms with E-state index in [1.807, 2.05) is 0 Å². The van der Waals surface area contributed by atoms with Crippen LogP contribution in [0.5, 0.6) is 0 Å². The first-order valence-electron chi connectivity index (χ1n) is 2.61. The third kappa shape index (κ3) is 3.13. The molecule has 0 aromatic carbocycles. The number of ketones is 1. The van der Waals surface area contributed by atoms with Crippen molar-refractivity contribution in [2.45, 2.75) is 6.42 Å². The van der Waals surface area contributed by atoms with E-state index in [4.69, 9.17) is 0 Å². The molecule has 51 valence electrons. The summed E-state index contributed by atoms with van der Waals surface area (Å²) in [6.07, 6.45) is 3.50. The van der Waals surface area contributed by atoms with Crippen molar-refractivity contribution in [3.8, 4) is 0 Å². The summed E-state index contributed by atoms with van der Waals surface area (Å²) >= 11 is 0. The van der Waals surface area contributed by atoms with Gasteiger partial charge < -0.3 is 16.7 Å². The summed E-state index contributed by atoms with van der Waals surface area (Å²) in [6, 6.07) is 0. The second-order valence-corrected chi connectivity index (χ2v) is 1.79. The quantitative estimate of drug-likeness (QED) is 0.719. The van der Waals surface area contributed by atoms with Crippen molar-refractivity contribution >= 4 is 5.78 Å². The molecule has 0 aliphatic carbocycles. The van der Waals surface area contributed by atoms with Gasteiger partial charge in [0, 0.05) is 56.8 Å². The summed E-state index contributed by atoms with van der Waals surface area (Å²) in [5.41, 5.74) is 0.815. The minimum atomic E-state index is -0.0979. The van der Waals surface area contributed by atoms with E-state index in [-0.39, 0.29) is 38.5 Å². The van der Waals surface area contributed by atoms with Crippen molar-refractivity contribution < 1.29 is 37.5 Å². The van der Waals surface area contributed by atoms with Crippen LogP contribution >= 0.6 is 0 Å². The molecule has 1 N–H and O–H groups in total. The summed E-state index contributed by atoms with van der Waals surface area (Å²) in [5.74, 6) is -0.0979. The molecule has 0 spiro atoms. The number of carbonyl (C=O) groups excluding carboxylic acids is 1. The summed E-state index contributed by atoms with van der Waals surface area (Å²) in [7, 11) is 0. The monoisotopic (exact) mass is 212 g/mol. The van der Waals surface area contributed by atoms with Gasteiger partial charge in [-0.3, -0.25) is 0 Å². The molecule has 0 fully saturated rings. The minimum absolute atomic E-state index is 0. The number of carbonyl (C=O) groups is 1. The second kappa shape index (κ2) is 4.64. The van der Waals surface area contributed by atoms with Gasteiger partial charge in [0.1, 0.15) is 0 Å². The van der Waals surface area contributed by atoms with Gasteiger partial charge in [0.05, 0.1) is 6.33 Å². The Kier molecular flexibility index (Phi) is 4.57. The average Bonchev–Trinajstić information content (AvgIpc) is 2.15. The Balaban J connectivity index is 0.000000810. The molecule has 0 bridgehead atoms. The molecule has 10 heavy (non-hydrogen) atoms. The van der Waals surface area contributed by atoms with Crippen LogP contribution in [0.3, 0.4) is 0 Å². The number of Topliss-reactive ketones (excluding diaryl/α,β-unsaturated/α-hetero) is 1. The molecule has 1 aromatic heterocycles. The summed E-state index contributed by atoms with van der Waals surface area (Å²) < 4.78 is 0. The third-order valence-electron chi connectivity index (χ3n) is 0.942. The van der Waals surface area contributed by atoms with Crippen LogP contribution in [0.2, 0.25) is 0 Å². The molecule has 1 radical (unpaired) electrons. The molecule has 0 atom stereocenters. The zero-order valence-electron chi connectivity index (χ0n) is 5.50. The molecule has 0 aliphatic heterocycles. The van der Waals surface area contributed by atoms with E-state index in [0.29, 0.717) is 6.42 Å². The van der Waals surface area contributed by atoms with E-state index >= 15 is 0 Å². The van der Waals surface area contributed by atoms with E-state index in [2.05, 4.69) is 16.9 Å². The number of aromatic amines is 1. The fourth-order valence-electron chi connectivity index (χ4n) is 0.594. The van der Waals surface area contributed by atoms with Gasteiger partial charge >= 0.3 is 0 Å². The van der Waals surface area contributed by atoms with Gasteiger partial charge in [0.2, 0.25) is 0 Å². The van der Waals surface area contributed by atoms with Gasteiger partial charge in [0.25, 0.3) is 0 Å². The number of hydrogen-bond donors (Lipinski definition) is 1. The van der Waals surface area contributed by atoms with Crippen molar-refractivity contribution in [3.05, 3.63) is 25.1 Å². The molecule has 3 nitrogen and oxygen atoms in total. The molecule has 1 aromatic rings. The summed E-state index contributed by atoms with van der Waals surface area (Å²) in [5, 5.41) is 0. The maximum atomic E-state index is 10.4. The van der Waals surface area contributed by atoms with Gasteiger partial charge in [-0.2, -0.15) is 0 Å². The first kappa shape index (κ1) is 9.85. The predicted octanol–water partition coefficient (Wildman–Crippen LogP) is 0.353. The molecular formula is C6H7N2OY-. The van der Waals surface area contributed by atoms with Crippen LogP contribution in [0.15, 0.2) is 12.5 Å². The van der Waals surface area contributed by atoms with Crippen LogP contribution in [-0.2, 0) is 43.9 Å². The zero-order chi connectivity index (χ0) is 6.69. The first-order valence-corrected chi connectivity index (χ1v) is 2.61. The fourth-order valence-corrected chi connectivity index (χ4v) is 0.594. The number of aromatic nitrogens is 2. The molecule has 0 saturated carbocycles. The molecule has 0 unspecified atom stereocenters. The van der Waals surface area contributed by atoms with Gasteiger partial charge in [-0.1, -0.05) is 0 Å². The van der Waals surface area contributed by atoms with E-state index in [1.54, 1.807) is 6.20 Å². The largest absolute Gasteiger partial charge is 0.348 e. The second-order valence-electron chi connectivity index (χ2n) is 1.79. The number of hydrogen-bond acceptors (Lipinski definition) is 2. The standard InChI is InChI=1S/C6H7N2O.Y/c1-5(9)2-6-3-7-4-8-6;/h3-4H,1-2H2,(H,7,8);/q-1;. The van der Waals surface area contributed by atoms with Crippen molar-refractivity contribution in [2.75, 3.05) is 0 Å². The molecule has 0 saturated heterocycles. The number of nitrogens with zero attached hydrogens (tertiary/aromatic N) is 1. The average molecular weight is 212 g/mol.